The summed E-state index contributed by atoms with van der Waals surface area (Å²) in [5, 5.41) is 9.53. The van der Waals surface area contributed by atoms with E-state index in [0.29, 0.717) is 29.6 Å². The number of Topliss-reactive ketones (excluding diaryl/α,β-unsaturated/α-hetero) is 1. The highest BCUT2D eigenvalue weighted by Crippen LogP contribution is 2.26. The number of hydrogen-bond donors (Lipinski definition) is 1. The maximum atomic E-state index is 11.4. The summed E-state index contributed by atoms with van der Waals surface area (Å²) in [6, 6.07) is 0. The van der Waals surface area contributed by atoms with Crippen LogP contribution in [0.3, 0.4) is 0 Å². The van der Waals surface area contributed by atoms with Gasteiger partial charge in [-0.1, -0.05) is 40.0 Å². The Hall–Kier alpha value is -0.790. The van der Waals surface area contributed by atoms with Crippen molar-refractivity contribution in [3.63, 3.8) is 0 Å². The SMILES string of the molecule is CC(C)(C)CCCCCCC1=C(O)CCC1=O. The van der Waals surface area contributed by atoms with Crippen molar-refractivity contribution in [3.8, 4) is 0 Å². The van der Waals surface area contributed by atoms with Gasteiger partial charge in [0, 0.05) is 18.4 Å². The molecule has 0 spiro atoms. The number of aliphatic hydroxyl groups excluding tert-OH is 1. The van der Waals surface area contributed by atoms with Gasteiger partial charge >= 0.3 is 0 Å². The van der Waals surface area contributed by atoms with Crippen molar-refractivity contribution in [1.29, 1.82) is 0 Å². The van der Waals surface area contributed by atoms with Crippen molar-refractivity contribution in [2.45, 2.75) is 72.1 Å². The topological polar surface area (TPSA) is 37.3 Å². The fourth-order valence-electron chi connectivity index (χ4n) is 2.29. The Bertz CT molecular complexity index is 295. The van der Waals surface area contributed by atoms with E-state index >= 15 is 0 Å². The van der Waals surface area contributed by atoms with Gasteiger partial charge < -0.3 is 5.11 Å². The Labute approximate surface area is 105 Å². The molecule has 1 aliphatic carbocycles. The second kappa shape index (κ2) is 6.23. The molecule has 98 valence electrons. The molecule has 1 rings (SSSR count). The monoisotopic (exact) mass is 238 g/mol. The summed E-state index contributed by atoms with van der Waals surface area (Å²) in [5.41, 5.74) is 1.14. The van der Waals surface area contributed by atoms with Gasteiger partial charge in [-0.15, -0.1) is 0 Å². The van der Waals surface area contributed by atoms with Gasteiger partial charge in [0.2, 0.25) is 0 Å². The fraction of sp³-hybridized carbons (Fsp3) is 0.800. The third-order valence-electron chi connectivity index (χ3n) is 3.38. The molecule has 0 saturated carbocycles. The molecule has 0 amide bonds. The summed E-state index contributed by atoms with van der Waals surface area (Å²) in [7, 11) is 0. The Morgan fingerprint density at radius 3 is 2.24 bits per heavy atom. The van der Waals surface area contributed by atoms with Crippen LogP contribution in [0.1, 0.15) is 72.1 Å². The van der Waals surface area contributed by atoms with Crippen molar-refractivity contribution < 1.29 is 9.90 Å². The molecule has 0 aromatic rings. The highest BCUT2D eigenvalue weighted by molar-refractivity contribution is 5.98. The molecule has 0 aromatic carbocycles. The Morgan fingerprint density at radius 2 is 1.71 bits per heavy atom. The summed E-state index contributed by atoms with van der Waals surface area (Å²) >= 11 is 0. The highest BCUT2D eigenvalue weighted by atomic mass is 16.3. The lowest BCUT2D eigenvalue weighted by atomic mass is 9.89. The third-order valence-corrected chi connectivity index (χ3v) is 3.38. The van der Waals surface area contributed by atoms with Gasteiger partial charge in [-0.25, -0.2) is 0 Å². The van der Waals surface area contributed by atoms with Crippen molar-refractivity contribution >= 4 is 5.78 Å². The van der Waals surface area contributed by atoms with Crippen molar-refractivity contribution in [2.75, 3.05) is 0 Å². The van der Waals surface area contributed by atoms with E-state index < -0.39 is 0 Å². The first-order valence-corrected chi connectivity index (χ1v) is 6.84. The molecular formula is C15H26O2. The first-order chi connectivity index (χ1) is 7.90. The van der Waals surface area contributed by atoms with Crippen molar-refractivity contribution in [2.24, 2.45) is 5.41 Å². The molecular weight excluding hydrogens is 212 g/mol. The van der Waals surface area contributed by atoms with Gasteiger partial charge in [-0.05, 0) is 24.7 Å². The molecule has 2 nitrogen and oxygen atoms in total. The molecule has 0 unspecified atom stereocenters. The average Bonchev–Trinajstić information content (AvgIpc) is 2.52. The minimum atomic E-state index is 0.164. The molecule has 0 radical (unpaired) electrons. The molecule has 0 aliphatic heterocycles. The van der Waals surface area contributed by atoms with Gasteiger partial charge in [0.15, 0.2) is 5.78 Å². The second-order valence-corrected chi connectivity index (χ2v) is 6.32. The van der Waals surface area contributed by atoms with Crippen LogP contribution >= 0.6 is 0 Å². The lowest BCUT2D eigenvalue weighted by Gasteiger charge is -2.17. The molecule has 0 heterocycles. The number of carbonyl (C=O) groups excluding carboxylic acids is 1. The lowest BCUT2D eigenvalue weighted by molar-refractivity contribution is -0.115. The summed E-state index contributed by atoms with van der Waals surface area (Å²) in [4.78, 5) is 11.4. The standard InChI is InChI=1S/C15H26O2/c1-15(2,3)11-7-5-4-6-8-12-13(16)9-10-14(12)17/h16H,4-11H2,1-3H3. The molecule has 17 heavy (non-hydrogen) atoms. The largest absolute Gasteiger partial charge is 0.512 e. The van der Waals surface area contributed by atoms with Crippen LogP contribution in [0.4, 0.5) is 0 Å². The number of rotatable bonds is 6. The number of carbonyl (C=O) groups is 1. The maximum Gasteiger partial charge on any atom is 0.162 e. The second-order valence-electron chi connectivity index (χ2n) is 6.32. The van der Waals surface area contributed by atoms with Gasteiger partial charge in [0.1, 0.15) is 0 Å². The first kappa shape index (κ1) is 14.3. The molecule has 0 fully saturated rings. The normalized spacial score (nSPS) is 17.0. The zero-order valence-electron chi connectivity index (χ0n) is 11.5. The average molecular weight is 238 g/mol. The highest BCUT2D eigenvalue weighted by Gasteiger charge is 2.21. The van der Waals surface area contributed by atoms with Crippen LogP contribution in [-0.4, -0.2) is 10.9 Å². The predicted octanol–water partition coefficient (Wildman–Crippen LogP) is 4.55. The van der Waals surface area contributed by atoms with Gasteiger partial charge in [0.25, 0.3) is 0 Å². The van der Waals surface area contributed by atoms with Gasteiger partial charge in [-0.2, -0.15) is 0 Å². The zero-order valence-corrected chi connectivity index (χ0v) is 11.5. The molecule has 0 bridgehead atoms. The Kier molecular flexibility index (Phi) is 5.23. The fourth-order valence-corrected chi connectivity index (χ4v) is 2.29. The smallest absolute Gasteiger partial charge is 0.162 e. The lowest BCUT2D eigenvalue weighted by Crippen LogP contribution is -2.04. The molecule has 1 N–H and O–H groups in total. The van der Waals surface area contributed by atoms with E-state index in [1.807, 2.05) is 0 Å². The van der Waals surface area contributed by atoms with Crippen molar-refractivity contribution in [1.82, 2.24) is 0 Å². The summed E-state index contributed by atoms with van der Waals surface area (Å²) in [6.45, 7) is 6.81. The quantitative estimate of drug-likeness (QED) is 0.689. The van der Waals surface area contributed by atoms with Crippen LogP contribution in [0.25, 0.3) is 0 Å². The van der Waals surface area contributed by atoms with Crippen LogP contribution in [0, 0.1) is 5.41 Å². The van der Waals surface area contributed by atoms with Gasteiger partial charge in [-0.3, -0.25) is 4.79 Å². The third kappa shape index (κ3) is 5.38. The minimum Gasteiger partial charge on any atom is -0.512 e. The molecule has 0 atom stereocenters. The number of allylic oxidation sites excluding steroid dienone is 2. The van der Waals surface area contributed by atoms with Crippen LogP contribution in [0.2, 0.25) is 0 Å². The summed E-state index contributed by atoms with van der Waals surface area (Å²) in [5.74, 6) is 0.516. The van der Waals surface area contributed by atoms with E-state index in [2.05, 4.69) is 20.8 Å². The van der Waals surface area contributed by atoms with E-state index in [9.17, 15) is 9.90 Å². The Balaban J connectivity index is 2.09. The number of unbranched alkanes of at least 4 members (excludes halogenated alkanes) is 3. The number of hydrogen-bond acceptors (Lipinski definition) is 2. The Morgan fingerprint density at radius 1 is 1.06 bits per heavy atom. The molecule has 2 heteroatoms. The van der Waals surface area contributed by atoms with E-state index in [1.165, 1.54) is 25.7 Å². The van der Waals surface area contributed by atoms with Gasteiger partial charge in [0.05, 0.1) is 5.76 Å². The van der Waals surface area contributed by atoms with E-state index in [4.69, 9.17) is 0 Å². The zero-order chi connectivity index (χ0) is 12.9. The first-order valence-electron chi connectivity index (χ1n) is 6.84. The number of aliphatic hydroxyl groups is 1. The molecule has 1 aliphatic rings. The predicted molar refractivity (Wildman–Crippen MR) is 71.1 cm³/mol. The van der Waals surface area contributed by atoms with Crippen LogP contribution in [-0.2, 0) is 4.79 Å². The van der Waals surface area contributed by atoms with E-state index in [0.717, 1.165) is 12.8 Å². The van der Waals surface area contributed by atoms with E-state index in [-0.39, 0.29) is 5.78 Å². The minimum absolute atomic E-state index is 0.164. The molecule has 0 saturated heterocycles. The van der Waals surface area contributed by atoms with E-state index in [1.54, 1.807) is 0 Å². The summed E-state index contributed by atoms with van der Waals surface area (Å²) < 4.78 is 0. The summed E-state index contributed by atoms with van der Waals surface area (Å²) in [6.07, 6.45) is 7.83. The molecule has 0 aromatic heterocycles. The van der Waals surface area contributed by atoms with Crippen LogP contribution < -0.4 is 0 Å². The van der Waals surface area contributed by atoms with Crippen LogP contribution in [0.15, 0.2) is 11.3 Å². The number of ketones is 1. The van der Waals surface area contributed by atoms with Crippen LogP contribution in [0.5, 0.6) is 0 Å². The maximum absolute atomic E-state index is 11.4. The van der Waals surface area contributed by atoms with Crippen molar-refractivity contribution in [3.05, 3.63) is 11.3 Å².